The average molecular weight is 294 g/mol. The molecule has 0 N–H and O–H groups in total. The summed E-state index contributed by atoms with van der Waals surface area (Å²) in [4.78, 5) is 11.4. The molecule has 0 aliphatic rings. The van der Waals surface area contributed by atoms with Crippen molar-refractivity contribution in [1.29, 1.82) is 0 Å². The molecule has 0 aliphatic carbocycles. The van der Waals surface area contributed by atoms with Gasteiger partial charge in [-0.05, 0) is 55.3 Å². The fourth-order valence-corrected chi connectivity index (χ4v) is 1.69. The lowest BCUT2D eigenvalue weighted by molar-refractivity contribution is -0.130. The van der Waals surface area contributed by atoms with Crippen LogP contribution in [0, 0.1) is 0 Å². The molecule has 0 atom stereocenters. The molecule has 0 spiro atoms. The van der Waals surface area contributed by atoms with E-state index in [1.165, 1.54) is 5.56 Å². The largest absolute Gasteiger partial charge is 0.423 e. The second-order valence-corrected chi connectivity index (χ2v) is 4.88. The molecule has 2 rings (SSSR count). The number of ether oxygens (including phenoxy) is 1. The lowest BCUT2D eigenvalue weighted by Crippen LogP contribution is -2.07. The van der Waals surface area contributed by atoms with E-state index in [1.54, 1.807) is 31.2 Å². The van der Waals surface area contributed by atoms with E-state index in [-0.39, 0.29) is 0 Å². The first-order valence-corrected chi connectivity index (χ1v) is 7.07. The number of benzene rings is 2. The first kappa shape index (κ1) is 15.6. The molecule has 0 amide bonds. The predicted molar refractivity (Wildman–Crippen MR) is 86.9 cm³/mol. The molecule has 0 radical (unpaired) electrons. The molecule has 112 valence electrons. The Labute approximate surface area is 130 Å². The number of esters is 1. The second kappa shape index (κ2) is 7.31. The molecule has 4 heteroatoms. The number of hydrogen-bond acceptors (Lipinski definition) is 4. The van der Waals surface area contributed by atoms with Crippen LogP contribution in [0.15, 0.2) is 70.9 Å². The highest BCUT2D eigenvalue weighted by molar-refractivity contribution is 5.88. The van der Waals surface area contributed by atoms with Crippen molar-refractivity contribution < 1.29 is 9.53 Å². The number of hydrogen-bond donors (Lipinski definition) is 0. The maximum Gasteiger partial charge on any atom is 0.338 e. The molecular formula is C18H18N2O2. The van der Waals surface area contributed by atoms with Gasteiger partial charge in [0.15, 0.2) is 0 Å². The molecule has 4 nitrogen and oxygen atoms in total. The Morgan fingerprint density at radius 2 is 1.50 bits per heavy atom. The number of rotatable bonds is 5. The van der Waals surface area contributed by atoms with Crippen LogP contribution in [-0.4, -0.2) is 5.97 Å². The lowest BCUT2D eigenvalue weighted by atomic mass is 10.2. The zero-order valence-corrected chi connectivity index (χ0v) is 12.7. The minimum Gasteiger partial charge on any atom is -0.423 e. The van der Waals surface area contributed by atoms with Crippen molar-refractivity contribution >= 4 is 17.3 Å². The van der Waals surface area contributed by atoms with E-state index < -0.39 is 5.97 Å². The molecule has 2 aromatic rings. The van der Waals surface area contributed by atoms with Gasteiger partial charge in [0.25, 0.3) is 0 Å². The van der Waals surface area contributed by atoms with Crippen LogP contribution in [0.25, 0.3) is 0 Å². The van der Waals surface area contributed by atoms with Gasteiger partial charge in [0.2, 0.25) is 0 Å². The van der Waals surface area contributed by atoms with Crippen molar-refractivity contribution in [3.63, 3.8) is 0 Å². The number of nitrogens with zero attached hydrogens (tertiary/aromatic N) is 2. The number of aryl methyl sites for hydroxylation is 1. The lowest BCUT2D eigenvalue weighted by Gasteiger charge is -2.03. The Morgan fingerprint density at radius 3 is 1.95 bits per heavy atom. The SMILES string of the molecule is C=C(C)C(=O)Oc1ccc(N=Nc2ccc(CC)cc2)cc1. The summed E-state index contributed by atoms with van der Waals surface area (Å²) in [6, 6.07) is 14.8. The van der Waals surface area contributed by atoms with E-state index in [0.29, 0.717) is 17.0 Å². The first-order valence-electron chi connectivity index (χ1n) is 7.07. The molecule has 2 aromatic carbocycles. The summed E-state index contributed by atoms with van der Waals surface area (Å²) in [6.07, 6.45) is 1.00. The van der Waals surface area contributed by atoms with Gasteiger partial charge < -0.3 is 4.74 Å². The molecule has 0 saturated heterocycles. The normalized spacial score (nSPS) is 10.6. The van der Waals surface area contributed by atoms with Crippen LogP contribution in [-0.2, 0) is 11.2 Å². The summed E-state index contributed by atoms with van der Waals surface area (Å²) in [5.74, 6) is 0.0182. The highest BCUT2D eigenvalue weighted by Crippen LogP contribution is 2.22. The van der Waals surface area contributed by atoms with Crippen molar-refractivity contribution in [3.8, 4) is 5.75 Å². The van der Waals surface area contributed by atoms with Crippen LogP contribution in [0.2, 0.25) is 0 Å². The topological polar surface area (TPSA) is 51.0 Å². The average Bonchev–Trinajstić information content (AvgIpc) is 2.54. The second-order valence-electron chi connectivity index (χ2n) is 4.88. The molecular weight excluding hydrogens is 276 g/mol. The van der Waals surface area contributed by atoms with Crippen LogP contribution in [0.1, 0.15) is 19.4 Å². The van der Waals surface area contributed by atoms with Crippen molar-refractivity contribution in [2.75, 3.05) is 0 Å². The van der Waals surface area contributed by atoms with Gasteiger partial charge in [0, 0.05) is 5.57 Å². The highest BCUT2D eigenvalue weighted by Gasteiger charge is 2.04. The summed E-state index contributed by atoms with van der Waals surface area (Å²) in [5, 5.41) is 8.33. The van der Waals surface area contributed by atoms with Gasteiger partial charge in [0.1, 0.15) is 5.75 Å². The summed E-state index contributed by atoms with van der Waals surface area (Å²) < 4.78 is 5.11. The molecule has 0 aromatic heterocycles. The van der Waals surface area contributed by atoms with Gasteiger partial charge in [-0.15, -0.1) is 0 Å². The minimum atomic E-state index is -0.439. The third-order valence-corrected chi connectivity index (χ3v) is 3.02. The maximum absolute atomic E-state index is 11.4. The third-order valence-electron chi connectivity index (χ3n) is 3.02. The van der Waals surface area contributed by atoms with E-state index in [2.05, 4.69) is 23.7 Å². The first-order chi connectivity index (χ1) is 10.6. The van der Waals surface area contributed by atoms with Gasteiger partial charge in [0.05, 0.1) is 11.4 Å². The predicted octanol–water partition coefficient (Wildman–Crippen LogP) is 5.15. The molecule has 0 heterocycles. The molecule has 0 fully saturated rings. The molecule has 0 bridgehead atoms. The van der Waals surface area contributed by atoms with Crippen LogP contribution in [0.4, 0.5) is 11.4 Å². The van der Waals surface area contributed by atoms with E-state index >= 15 is 0 Å². The van der Waals surface area contributed by atoms with Crippen LogP contribution in [0.3, 0.4) is 0 Å². The van der Waals surface area contributed by atoms with Crippen molar-refractivity contribution in [2.45, 2.75) is 20.3 Å². The Balaban J connectivity index is 2.02. The van der Waals surface area contributed by atoms with E-state index in [4.69, 9.17) is 4.74 Å². The Hall–Kier alpha value is -2.75. The van der Waals surface area contributed by atoms with Gasteiger partial charge in [-0.25, -0.2) is 4.79 Å². The van der Waals surface area contributed by atoms with E-state index in [0.717, 1.165) is 12.1 Å². The highest BCUT2D eigenvalue weighted by atomic mass is 16.5. The summed E-state index contributed by atoms with van der Waals surface area (Å²) in [6.45, 7) is 7.25. The molecule has 22 heavy (non-hydrogen) atoms. The van der Waals surface area contributed by atoms with Crippen molar-refractivity contribution in [2.24, 2.45) is 10.2 Å². The molecule has 0 aliphatic heterocycles. The van der Waals surface area contributed by atoms with Crippen LogP contribution >= 0.6 is 0 Å². The minimum absolute atomic E-state index is 0.360. The van der Waals surface area contributed by atoms with Crippen molar-refractivity contribution in [3.05, 3.63) is 66.2 Å². The van der Waals surface area contributed by atoms with E-state index in [1.807, 2.05) is 24.3 Å². The molecule has 0 saturated carbocycles. The number of azo groups is 1. The molecule has 0 unspecified atom stereocenters. The smallest absolute Gasteiger partial charge is 0.338 e. The monoisotopic (exact) mass is 294 g/mol. The van der Waals surface area contributed by atoms with Crippen molar-refractivity contribution in [1.82, 2.24) is 0 Å². The zero-order valence-electron chi connectivity index (χ0n) is 12.7. The van der Waals surface area contributed by atoms with Gasteiger partial charge in [-0.3, -0.25) is 0 Å². The zero-order chi connectivity index (χ0) is 15.9. The quantitative estimate of drug-likeness (QED) is 0.331. The Bertz CT molecular complexity index is 686. The number of carbonyl (C=O) groups is 1. The van der Waals surface area contributed by atoms with Gasteiger partial charge >= 0.3 is 5.97 Å². The summed E-state index contributed by atoms with van der Waals surface area (Å²) >= 11 is 0. The fourth-order valence-electron chi connectivity index (χ4n) is 1.69. The van der Waals surface area contributed by atoms with Gasteiger partial charge in [-0.1, -0.05) is 25.6 Å². The van der Waals surface area contributed by atoms with Crippen LogP contribution in [0.5, 0.6) is 5.75 Å². The number of carbonyl (C=O) groups excluding carboxylic acids is 1. The Kier molecular flexibility index (Phi) is 5.20. The van der Waals surface area contributed by atoms with Crippen LogP contribution < -0.4 is 4.74 Å². The van der Waals surface area contributed by atoms with E-state index in [9.17, 15) is 4.79 Å². The summed E-state index contributed by atoms with van der Waals surface area (Å²) in [7, 11) is 0. The Morgan fingerprint density at radius 1 is 1.00 bits per heavy atom. The maximum atomic E-state index is 11.4. The summed E-state index contributed by atoms with van der Waals surface area (Å²) in [5.41, 5.74) is 3.12. The third kappa shape index (κ3) is 4.38. The van der Waals surface area contributed by atoms with Gasteiger partial charge in [-0.2, -0.15) is 10.2 Å². The fraction of sp³-hybridized carbons (Fsp3) is 0.167. The standard InChI is InChI=1S/C18H18N2O2/c1-4-14-5-7-15(8-6-14)19-20-16-9-11-17(12-10-16)22-18(21)13(2)3/h5-12H,2,4H2,1,3H3.